The lowest BCUT2D eigenvalue weighted by Gasteiger charge is -2.34. The Labute approximate surface area is 84.7 Å². The molecule has 2 N–H and O–H groups in total. The Bertz CT molecular complexity index is 198. The molecule has 0 heterocycles. The van der Waals surface area contributed by atoms with Crippen LogP contribution in [0.3, 0.4) is 0 Å². The minimum atomic E-state index is -0.751. The van der Waals surface area contributed by atoms with Crippen molar-refractivity contribution in [2.24, 2.45) is 11.7 Å². The number of ether oxygens (including phenoxy) is 2. The number of carbonyl (C=O) groups is 1. The molecule has 1 aliphatic rings. The third-order valence-corrected chi connectivity index (χ3v) is 2.99. The molecule has 1 fully saturated rings. The first kappa shape index (κ1) is 11.5. The smallest absolute Gasteiger partial charge is 0.325 e. The molecule has 82 valence electrons. The first-order valence-corrected chi connectivity index (χ1v) is 4.98. The van der Waals surface area contributed by atoms with E-state index in [0.29, 0.717) is 18.8 Å². The highest BCUT2D eigenvalue weighted by Crippen LogP contribution is 2.31. The summed E-state index contributed by atoms with van der Waals surface area (Å²) in [6, 6.07) is 0. The predicted octanol–water partition coefficient (Wildman–Crippen LogP) is 0.694. The van der Waals surface area contributed by atoms with Crippen LogP contribution in [0.2, 0.25) is 0 Å². The van der Waals surface area contributed by atoms with Gasteiger partial charge in [0, 0.05) is 13.7 Å². The van der Waals surface area contributed by atoms with Crippen molar-refractivity contribution in [2.75, 3.05) is 20.8 Å². The van der Waals surface area contributed by atoms with Crippen LogP contribution in [-0.4, -0.2) is 32.3 Å². The predicted molar refractivity (Wildman–Crippen MR) is 52.8 cm³/mol. The van der Waals surface area contributed by atoms with Crippen molar-refractivity contribution in [3.05, 3.63) is 0 Å². The first-order chi connectivity index (χ1) is 6.62. The maximum Gasteiger partial charge on any atom is 0.325 e. The molecule has 0 saturated heterocycles. The molecular weight excluding hydrogens is 182 g/mol. The van der Waals surface area contributed by atoms with Crippen LogP contribution in [0.25, 0.3) is 0 Å². The SMILES string of the molecule is COC[C@H]1CC[C@](N)(C(=O)OC)CC1. The molecule has 4 heteroatoms. The van der Waals surface area contributed by atoms with Crippen molar-refractivity contribution in [3.63, 3.8) is 0 Å². The van der Waals surface area contributed by atoms with Crippen LogP contribution in [-0.2, 0) is 14.3 Å². The standard InChI is InChI=1S/C10H19NO3/c1-13-7-8-3-5-10(11,6-4-8)9(12)14-2/h8H,3-7,11H2,1-2H3/t8-,10+. The van der Waals surface area contributed by atoms with Crippen LogP contribution < -0.4 is 5.73 Å². The molecule has 0 spiro atoms. The van der Waals surface area contributed by atoms with E-state index in [9.17, 15) is 4.79 Å². The molecule has 1 aliphatic carbocycles. The van der Waals surface area contributed by atoms with Gasteiger partial charge in [-0.05, 0) is 31.6 Å². The number of hydrogen-bond acceptors (Lipinski definition) is 4. The number of nitrogens with two attached hydrogens (primary N) is 1. The van der Waals surface area contributed by atoms with Crippen molar-refractivity contribution < 1.29 is 14.3 Å². The van der Waals surface area contributed by atoms with Crippen LogP contribution in [0.15, 0.2) is 0 Å². The molecule has 0 aromatic rings. The minimum Gasteiger partial charge on any atom is -0.468 e. The van der Waals surface area contributed by atoms with Crippen molar-refractivity contribution in [1.29, 1.82) is 0 Å². The third kappa shape index (κ3) is 2.45. The molecule has 0 radical (unpaired) electrons. The van der Waals surface area contributed by atoms with Crippen LogP contribution in [0.5, 0.6) is 0 Å². The second-order valence-electron chi connectivity index (χ2n) is 4.05. The fourth-order valence-corrected chi connectivity index (χ4v) is 2.00. The average Bonchev–Trinajstić information content (AvgIpc) is 2.21. The van der Waals surface area contributed by atoms with E-state index in [1.54, 1.807) is 7.11 Å². The van der Waals surface area contributed by atoms with Gasteiger partial charge in [-0.25, -0.2) is 0 Å². The molecule has 0 bridgehead atoms. The summed E-state index contributed by atoms with van der Waals surface area (Å²) in [6.07, 6.45) is 3.29. The zero-order valence-electron chi connectivity index (χ0n) is 8.91. The highest BCUT2D eigenvalue weighted by Gasteiger charge is 2.38. The van der Waals surface area contributed by atoms with Gasteiger partial charge in [-0.1, -0.05) is 0 Å². The van der Waals surface area contributed by atoms with Gasteiger partial charge in [-0.15, -0.1) is 0 Å². The van der Waals surface area contributed by atoms with Gasteiger partial charge in [-0.2, -0.15) is 0 Å². The summed E-state index contributed by atoms with van der Waals surface area (Å²) < 4.78 is 9.77. The molecule has 4 nitrogen and oxygen atoms in total. The van der Waals surface area contributed by atoms with Gasteiger partial charge >= 0.3 is 5.97 Å². The molecule has 0 amide bonds. The lowest BCUT2D eigenvalue weighted by molar-refractivity contribution is -0.148. The summed E-state index contributed by atoms with van der Waals surface area (Å²) >= 11 is 0. The zero-order valence-corrected chi connectivity index (χ0v) is 8.91. The molecule has 0 aliphatic heterocycles. The van der Waals surface area contributed by atoms with E-state index in [0.717, 1.165) is 19.4 Å². The van der Waals surface area contributed by atoms with E-state index < -0.39 is 5.54 Å². The van der Waals surface area contributed by atoms with Gasteiger partial charge < -0.3 is 15.2 Å². The molecule has 0 aromatic heterocycles. The summed E-state index contributed by atoms with van der Waals surface area (Å²) in [5.41, 5.74) is 5.21. The molecule has 0 aromatic carbocycles. The van der Waals surface area contributed by atoms with Crippen LogP contribution >= 0.6 is 0 Å². The zero-order chi connectivity index (χ0) is 10.6. The van der Waals surface area contributed by atoms with E-state index in [1.165, 1.54) is 7.11 Å². The van der Waals surface area contributed by atoms with Gasteiger partial charge in [-0.3, -0.25) is 4.79 Å². The Morgan fingerprint density at radius 1 is 1.43 bits per heavy atom. The Hall–Kier alpha value is -0.610. The fourth-order valence-electron chi connectivity index (χ4n) is 2.00. The number of methoxy groups -OCH3 is 2. The summed E-state index contributed by atoms with van der Waals surface area (Å²) in [5, 5.41) is 0. The molecular formula is C10H19NO3. The van der Waals surface area contributed by atoms with Gasteiger partial charge in [0.25, 0.3) is 0 Å². The highest BCUT2D eigenvalue weighted by atomic mass is 16.5. The Morgan fingerprint density at radius 2 is 2.00 bits per heavy atom. The maximum atomic E-state index is 11.4. The minimum absolute atomic E-state index is 0.284. The molecule has 1 rings (SSSR count). The largest absolute Gasteiger partial charge is 0.468 e. The normalized spacial score (nSPS) is 32.6. The lowest BCUT2D eigenvalue weighted by atomic mass is 9.77. The summed E-state index contributed by atoms with van der Waals surface area (Å²) in [5.74, 6) is 0.259. The molecule has 0 unspecified atom stereocenters. The van der Waals surface area contributed by atoms with E-state index in [2.05, 4.69) is 0 Å². The topological polar surface area (TPSA) is 61.5 Å². The number of hydrogen-bond donors (Lipinski definition) is 1. The fraction of sp³-hybridized carbons (Fsp3) is 0.900. The Morgan fingerprint density at radius 3 is 2.43 bits per heavy atom. The maximum absolute atomic E-state index is 11.4. The number of esters is 1. The lowest BCUT2D eigenvalue weighted by Crippen LogP contribution is -2.51. The Kier molecular flexibility index (Phi) is 3.89. The summed E-state index contributed by atoms with van der Waals surface area (Å²) in [7, 11) is 3.09. The van der Waals surface area contributed by atoms with Gasteiger partial charge in [0.2, 0.25) is 0 Å². The van der Waals surface area contributed by atoms with Crippen molar-refractivity contribution in [2.45, 2.75) is 31.2 Å². The van der Waals surface area contributed by atoms with Crippen LogP contribution in [0.1, 0.15) is 25.7 Å². The average molecular weight is 201 g/mol. The molecule has 14 heavy (non-hydrogen) atoms. The van der Waals surface area contributed by atoms with Crippen LogP contribution in [0.4, 0.5) is 0 Å². The van der Waals surface area contributed by atoms with E-state index in [1.807, 2.05) is 0 Å². The van der Waals surface area contributed by atoms with E-state index in [-0.39, 0.29) is 5.97 Å². The monoisotopic (exact) mass is 201 g/mol. The Balaban J connectivity index is 2.44. The summed E-state index contributed by atoms with van der Waals surface area (Å²) in [6.45, 7) is 0.761. The van der Waals surface area contributed by atoms with Gasteiger partial charge in [0.1, 0.15) is 5.54 Å². The van der Waals surface area contributed by atoms with Crippen molar-refractivity contribution >= 4 is 5.97 Å². The first-order valence-electron chi connectivity index (χ1n) is 4.98. The van der Waals surface area contributed by atoms with E-state index >= 15 is 0 Å². The van der Waals surface area contributed by atoms with Crippen molar-refractivity contribution in [1.82, 2.24) is 0 Å². The summed E-state index contributed by atoms with van der Waals surface area (Å²) in [4.78, 5) is 11.4. The second-order valence-corrected chi connectivity index (χ2v) is 4.05. The van der Waals surface area contributed by atoms with Gasteiger partial charge in [0.05, 0.1) is 7.11 Å². The number of carbonyl (C=O) groups excluding carboxylic acids is 1. The highest BCUT2D eigenvalue weighted by molar-refractivity contribution is 5.80. The number of rotatable bonds is 3. The van der Waals surface area contributed by atoms with E-state index in [4.69, 9.17) is 15.2 Å². The van der Waals surface area contributed by atoms with Crippen LogP contribution in [0, 0.1) is 5.92 Å². The molecule has 0 atom stereocenters. The quantitative estimate of drug-likeness (QED) is 0.682. The third-order valence-electron chi connectivity index (χ3n) is 2.99. The second kappa shape index (κ2) is 4.75. The van der Waals surface area contributed by atoms with Crippen molar-refractivity contribution in [3.8, 4) is 0 Å². The van der Waals surface area contributed by atoms with Gasteiger partial charge in [0.15, 0.2) is 0 Å². The molecule has 1 saturated carbocycles.